The molecule has 0 spiro atoms. The van der Waals surface area contributed by atoms with Gasteiger partial charge in [-0.3, -0.25) is 4.79 Å². The van der Waals surface area contributed by atoms with Crippen LogP contribution in [0.1, 0.15) is 13.8 Å². The molecule has 1 fully saturated rings. The Morgan fingerprint density at radius 1 is 1.71 bits per heavy atom. The second-order valence-corrected chi connectivity index (χ2v) is 4.16. The van der Waals surface area contributed by atoms with E-state index in [0.717, 1.165) is 5.75 Å². The lowest BCUT2D eigenvalue weighted by Crippen LogP contribution is -1.71. The average molecular weight is 116 g/mol. The lowest BCUT2D eigenvalue weighted by molar-refractivity contribution is -0.106. The van der Waals surface area contributed by atoms with Crippen molar-refractivity contribution in [1.29, 1.82) is 0 Å². The Bertz CT molecular complexity index is 142. The second-order valence-electron chi connectivity index (χ2n) is 1.82. The predicted molar refractivity (Wildman–Crippen MR) is 33.8 cm³/mol. The molecule has 2 heteroatoms. The minimum Gasteiger partial charge on any atom is -0.287 e. The zero-order valence-corrected chi connectivity index (χ0v) is 5.34. The van der Waals surface area contributed by atoms with Crippen LogP contribution in [0.15, 0.2) is 0 Å². The van der Waals surface area contributed by atoms with Crippen LogP contribution in [0, 0.1) is 0 Å². The van der Waals surface area contributed by atoms with Crippen LogP contribution in [-0.2, 0) is 4.79 Å². The van der Waals surface area contributed by atoms with Crippen LogP contribution in [0.4, 0.5) is 0 Å². The lowest BCUT2D eigenvalue weighted by Gasteiger charge is -1.76. The van der Waals surface area contributed by atoms with Gasteiger partial charge in [0.05, 0.1) is 5.75 Å². The number of carbonyl (C=O) groups is 1. The van der Waals surface area contributed by atoms with E-state index in [1.807, 2.05) is 13.8 Å². The molecule has 1 saturated heterocycles. The highest BCUT2D eigenvalue weighted by Crippen LogP contribution is 2.32. The molecule has 0 aromatic carbocycles. The summed E-state index contributed by atoms with van der Waals surface area (Å²) >= 11 is 0. The van der Waals surface area contributed by atoms with E-state index in [9.17, 15) is 4.79 Å². The lowest BCUT2D eigenvalue weighted by atomic mass is 10.6. The van der Waals surface area contributed by atoms with Crippen LogP contribution in [0.3, 0.4) is 0 Å². The van der Waals surface area contributed by atoms with E-state index < -0.39 is 0 Å². The Kier molecular flexibility index (Phi) is 1.04. The van der Waals surface area contributed by atoms with E-state index in [-0.39, 0.29) is 10.5 Å². The van der Waals surface area contributed by atoms with Gasteiger partial charge in [0.25, 0.3) is 0 Å². The topological polar surface area (TPSA) is 17.1 Å². The van der Waals surface area contributed by atoms with Crippen molar-refractivity contribution in [3.8, 4) is 0 Å². The molecule has 0 bridgehead atoms. The van der Waals surface area contributed by atoms with Gasteiger partial charge in [-0.15, -0.1) is 10.5 Å². The van der Waals surface area contributed by atoms with Crippen molar-refractivity contribution in [2.45, 2.75) is 13.8 Å². The summed E-state index contributed by atoms with van der Waals surface area (Å²) in [4.78, 5) is 11.6. The van der Waals surface area contributed by atoms with E-state index in [2.05, 4.69) is 0 Å². The maximum absolute atomic E-state index is 10.3. The highest BCUT2D eigenvalue weighted by atomic mass is 32.2. The maximum Gasteiger partial charge on any atom is 0.193 e. The number of hydrogen-bond acceptors (Lipinski definition) is 1. The molecule has 1 heterocycles. The molecule has 7 heavy (non-hydrogen) atoms. The van der Waals surface area contributed by atoms with Gasteiger partial charge in [-0.25, -0.2) is 0 Å². The summed E-state index contributed by atoms with van der Waals surface area (Å²) in [5.41, 5.74) is 0. The predicted octanol–water partition coefficient (Wildman–Crippen LogP) is 1.01. The normalized spacial score (nSPS) is 27.7. The molecule has 1 rings (SSSR count). The number of rotatable bonds is 0. The molecule has 0 aromatic rings. The van der Waals surface area contributed by atoms with Crippen molar-refractivity contribution in [1.82, 2.24) is 0 Å². The fourth-order valence-electron chi connectivity index (χ4n) is 0.460. The van der Waals surface area contributed by atoms with E-state index in [1.165, 1.54) is 4.86 Å². The van der Waals surface area contributed by atoms with E-state index in [0.29, 0.717) is 5.12 Å². The first-order valence-corrected chi connectivity index (χ1v) is 3.65. The second kappa shape index (κ2) is 1.44. The van der Waals surface area contributed by atoms with Crippen LogP contribution >= 0.6 is 10.5 Å². The first-order valence-electron chi connectivity index (χ1n) is 2.25. The fraction of sp³-hybridized carbons (Fsp3) is 0.600. The molecular weight excluding hydrogens is 108 g/mol. The first-order chi connectivity index (χ1) is 3.22. The Morgan fingerprint density at radius 3 is 2.14 bits per heavy atom. The van der Waals surface area contributed by atoms with Gasteiger partial charge >= 0.3 is 0 Å². The molecule has 0 aromatic heterocycles. The Balaban J connectivity index is 2.78. The summed E-state index contributed by atoms with van der Waals surface area (Å²) in [7, 11) is 0.116. The van der Waals surface area contributed by atoms with Gasteiger partial charge < -0.3 is 0 Å². The Labute approximate surface area is 45.6 Å². The van der Waals surface area contributed by atoms with Crippen LogP contribution in [0.5, 0.6) is 0 Å². The van der Waals surface area contributed by atoms with Gasteiger partial charge in [-0.1, -0.05) is 0 Å². The van der Waals surface area contributed by atoms with Gasteiger partial charge in [0, 0.05) is 0 Å². The third kappa shape index (κ3) is 0.911. The smallest absolute Gasteiger partial charge is 0.193 e. The molecule has 1 aliphatic heterocycles. The van der Waals surface area contributed by atoms with Crippen LogP contribution in [-0.4, -0.2) is 15.7 Å². The quantitative estimate of drug-likeness (QED) is 0.341. The standard InChI is InChI=1S/C5H8OS/c1-4(2)7-3-5(7)6/h3H2,1-2H3. The molecule has 1 unspecified atom stereocenters. The fourth-order valence-corrected chi connectivity index (χ4v) is 1.56. The minimum absolute atomic E-state index is 0.116. The molecular formula is C5H8OS. The monoisotopic (exact) mass is 116 g/mol. The highest BCUT2D eigenvalue weighted by Gasteiger charge is 2.24. The Morgan fingerprint density at radius 2 is 2.14 bits per heavy atom. The molecule has 1 nitrogen and oxygen atoms in total. The van der Waals surface area contributed by atoms with Gasteiger partial charge in [0.15, 0.2) is 5.12 Å². The summed E-state index contributed by atoms with van der Waals surface area (Å²) in [6.07, 6.45) is 0. The number of carbonyl (C=O) groups excluding carboxylic acids is 1. The first kappa shape index (κ1) is 5.04. The van der Waals surface area contributed by atoms with Gasteiger partial charge in [0.1, 0.15) is 0 Å². The van der Waals surface area contributed by atoms with Crippen molar-refractivity contribution in [2.24, 2.45) is 0 Å². The molecule has 0 saturated carbocycles. The largest absolute Gasteiger partial charge is 0.287 e. The molecule has 40 valence electrons. The van der Waals surface area contributed by atoms with Crippen molar-refractivity contribution >= 4 is 20.5 Å². The average Bonchev–Trinajstić information content (AvgIpc) is 2.17. The van der Waals surface area contributed by atoms with Gasteiger partial charge in [-0.2, -0.15) is 0 Å². The zero-order chi connectivity index (χ0) is 5.44. The molecule has 0 N–H and O–H groups in total. The third-order valence-corrected chi connectivity index (χ3v) is 2.82. The van der Waals surface area contributed by atoms with E-state index in [4.69, 9.17) is 0 Å². The summed E-state index contributed by atoms with van der Waals surface area (Å²) in [6, 6.07) is 0. The number of hydrogen-bond donors (Lipinski definition) is 0. The summed E-state index contributed by atoms with van der Waals surface area (Å²) < 4.78 is 0. The van der Waals surface area contributed by atoms with Crippen molar-refractivity contribution in [3.63, 3.8) is 0 Å². The van der Waals surface area contributed by atoms with Crippen LogP contribution < -0.4 is 0 Å². The van der Waals surface area contributed by atoms with E-state index in [1.54, 1.807) is 0 Å². The van der Waals surface area contributed by atoms with E-state index >= 15 is 0 Å². The SMILES string of the molecule is CC(C)=S1CC1=O. The van der Waals surface area contributed by atoms with Crippen molar-refractivity contribution < 1.29 is 4.79 Å². The highest BCUT2D eigenvalue weighted by molar-refractivity contribution is 8.38. The van der Waals surface area contributed by atoms with Gasteiger partial charge in [-0.05, 0) is 18.7 Å². The van der Waals surface area contributed by atoms with Crippen molar-refractivity contribution in [3.05, 3.63) is 0 Å². The zero-order valence-electron chi connectivity index (χ0n) is 4.52. The Hall–Kier alpha value is -0.110. The minimum atomic E-state index is 0.116. The summed E-state index contributed by atoms with van der Waals surface area (Å²) in [6.45, 7) is 4.04. The summed E-state index contributed by atoms with van der Waals surface area (Å²) in [5, 5.41) is 0.444. The molecule has 1 aliphatic rings. The summed E-state index contributed by atoms with van der Waals surface area (Å²) in [5.74, 6) is 0.836. The third-order valence-electron chi connectivity index (χ3n) is 0.941. The molecule has 0 aliphatic carbocycles. The van der Waals surface area contributed by atoms with Crippen LogP contribution in [0.2, 0.25) is 0 Å². The maximum atomic E-state index is 10.3. The van der Waals surface area contributed by atoms with Gasteiger partial charge in [0.2, 0.25) is 0 Å². The van der Waals surface area contributed by atoms with Crippen LogP contribution in [0.25, 0.3) is 0 Å². The molecule has 1 atom stereocenters. The molecule has 0 radical (unpaired) electrons. The van der Waals surface area contributed by atoms with Crippen molar-refractivity contribution in [2.75, 3.05) is 5.75 Å². The molecule has 0 amide bonds.